The number of aliphatic hydroxyl groups excluding tert-OH is 1. The van der Waals surface area contributed by atoms with Gasteiger partial charge in [-0.3, -0.25) is 0 Å². The molecule has 2 rings (SSSR count). The van der Waals surface area contributed by atoms with E-state index in [1.165, 1.54) is 11.8 Å². The van der Waals surface area contributed by atoms with E-state index in [-0.39, 0.29) is 6.10 Å². The molecule has 92 valence electrons. The van der Waals surface area contributed by atoms with Crippen LogP contribution < -0.4 is 0 Å². The predicted molar refractivity (Wildman–Crippen MR) is 73.1 cm³/mol. The topological polar surface area (TPSA) is 58.4 Å². The van der Waals surface area contributed by atoms with Crippen LogP contribution in [0.2, 0.25) is 0 Å². The highest BCUT2D eigenvalue weighted by molar-refractivity contribution is 9.10. The van der Waals surface area contributed by atoms with Crippen molar-refractivity contribution >= 4 is 39.2 Å². The number of hydrogen-bond acceptors (Lipinski definition) is 5. The van der Waals surface area contributed by atoms with Gasteiger partial charge in [0.2, 0.25) is 0 Å². The summed E-state index contributed by atoms with van der Waals surface area (Å²) in [5, 5.41) is 10.2. The number of aliphatic hydroxyl groups is 1. The molecule has 1 heterocycles. The average Bonchev–Trinajstić information content (AvgIpc) is 2.35. The maximum atomic E-state index is 9.44. The molecular formula is C11H14BrN3OS. The Kier molecular flexibility index (Phi) is 4.53. The summed E-state index contributed by atoms with van der Waals surface area (Å²) in [6.45, 7) is 0. The standard InChI is InChI=1S/C11H14BrN3OS/c1-17-11-13-6-9(12)10(15-11)14-7-2-4-8(16)5-3-7/h6,8,16H,2-5H2,1H3. The van der Waals surface area contributed by atoms with E-state index in [2.05, 4.69) is 30.9 Å². The Labute approximate surface area is 113 Å². The molecule has 0 radical (unpaired) electrons. The smallest absolute Gasteiger partial charge is 0.189 e. The third kappa shape index (κ3) is 3.50. The van der Waals surface area contributed by atoms with E-state index in [1.54, 1.807) is 6.20 Å². The molecule has 0 aliphatic heterocycles. The first-order valence-corrected chi connectivity index (χ1v) is 7.52. The second-order valence-corrected chi connectivity index (χ2v) is 5.57. The average molecular weight is 316 g/mol. The van der Waals surface area contributed by atoms with Gasteiger partial charge in [-0.1, -0.05) is 11.8 Å². The molecule has 0 aromatic carbocycles. The Hall–Kier alpha value is -0.460. The van der Waals surface area contributed by atoms with Gasteiger partial charge in [0.25, 0.3) is 0 Å². The van der Waals surface area contributed by atoms with E-state index in [0.29, 0.717) is 5.82 Å². The zero-order valence-corrected chi connectivity index (χ0v) is 12.0. The SMILES string of the molecule is CSc1ncc(Br)c(N=C2CCC(O)CC2)n1. The molecule has 1 fully saturated rings. The summed E-state index contributed by atoms with van der Waals surface area (Å²) in [5.74, 6) is 0.690. The third-order valence-corrected chi connectivity index (χ3v) is 3.80. The first kappa shape index (κ1) is 13.0. The van der Waals surface area contributed by atoms with Gasteiger partial charge in [-0.05, 0) is 47.9 Å². The third-order valence-electron chi connectivity index (χ3n) is 2.68. The van der Waals surface area contributed by atoms with Crippen LogP contribution in [-0.2, 0) is 0 Å². The Bertz CT molecular complexity index is 429. The molecule has 0 bridgehead atoms. The first-order valence-electron chi connectivity index (χ1n) is 5.50. The fourth-order valence-electron chi connectivity index (χ4n) is 1.72. The number of hydrogen-bond donors (Lipinski definition) is 1. The van der Waals surface area contributed by atoms with Gasteiger partial charge in [0.15, 0.2) is 11.0 Å². The number of rotatable bonds is 2. The molecule has 0 unspecified atom stereocenters. The molecular weight excluding hydrogens is 302 g/mol. The van der Waals surface area contributed by atoms with Crippen LogP contribution in [0.5, 0.6) is 0 Å². The Morgan fingerprint density at radius 2 is 2.18 bits per heavy atom. The lowest BCUT2D eigenvalue weighted by Crippen LogP contribution is -2.17. The summed E-state index contributed by atoms with van der Waals surface area (Å²) in [6, 6.07) is 0. The van der Waals surface area contributed by atoms with E-state index in [4.69, 9.17) is 0 Å². The molecule has 1 aliphatic carbocycles. The van der Waals surface area contributed by atoms with E-state index < -0.39 is 0 Å². The quantitative estimate of drug-likeness (QED) is 0.673. The fourth-order valence-corrected chi connectivity index (χ4v) is 2.33. The molecule has 0 spiro atoms. The fraction of sp³-hybridized carbons (Fsp3) is 0.545. The number of aliphatic imine (C=N–C) groups is 1. The van der Waals surface area contributed by atoms with Crippen molar-refractivity contribution in [2.24, 2.45) is 4.99 Å². The minimum Gasteiger partial charge on any atom is -0.393 e. The highest BCUT2D eigenvalue weighted by Crippen LogP contribution is 2.26. The first-order chi connectivity index (χ1) is 8.19. The molecule has 6 heteroatoms. The largest absolute Gasteiger partial charge is 0.393 e. The van der Waals surface area contributed by atoms with Crippen molar-refractivity contribution in [2.45, 2.75) is 36.9 Å². The highest BCUT2D eigenvalue weighted by atomic mass is 79.9. The lowest BCUT2D eigenvalue weighted by Gasteiger charge is -2.18. The Morgan fingerprint density at radius 3 is 2.82 bits per heavy atom. The summed E-state index contributed by atoms with van der Waals surface area (Å²) >= 11 is 4.91. The van der Waals surface area contributed by atoms with Crippen LogP contribution in [0.4, 0.5) is 5.82 Å². The second-order valence-electron chi connectivity index (χ2n) is 3.94. The molecule has 1 N–H and O–H groups in total. The van der Waals surface area contributed by atoms with Crippen LogP contribution in [0.3, 0.4) is 0 Å². The van der Waals surface area contributed by atoms with Gasteiger partial charge < -0.3 is 5.11 Å². The lowest BCUT2D eigenvalue weighted by molar-refractivity contribution is 0.152. The van der Waals surface area contributed by atoms with Crippen molar-refractivity contribution in [3.63, 3.8) is 0 Å². The molecule has 0 saturated heterocycles. The van der Waals surface area contributed by atoms with Crippen molar-refractivity contribution in [1.82, 2.24) is 9.97 Å². The molecule has 1 saturated carbocycles. The van der Waals surface area contributed by atoms with Crippen molar-refractivity contribution in [2.75, 3.05) is 6.26 Å². The summed E-state index contributed by atoms with van der Waals surface area (Å²) < 4.78 is 0.814. The molecule has 0 atom stereocenters. The molecule has 17 heavy (non-hydrogen) atoms. The maximum Gasteiger partial charge on any atom is 0.189 e. The van der Waals surface area contributed by atoms with Gasteiger partial charge in [-0.15, -0.1) is 0 Å². The van der Waals surface area contributed by atoms with Crippen LogP contribution in [0.15, 0.2) is 20.8 Å². The summed E-state index contributed by atoms with van der Waals surface area (Å²) in [7, 11) is 0. The number of halogens is 1. The second kappa shape index (κ2) is 5.93. The van der Waals surface area contributed by atoms with Crippen molar-refractivity contribution in [3.8, 4) is 0 Å². The van der Waals surface area contributed by atoms with Crippen molar-refractivity contribution in [1.29, 1.82) is 0 Å². The van der Waals surface area contributed by atoms with Gasteiger partial charge >= 0.3 is 0 Å². The molecule has 1 aromatic heterocycles. The number of aromatic nitrogens is 2. The van der Waals surface area contributed by atoms with E-state index in [0.717, 1.165) is 41.0 Å². The maximum absolute atomic E-state index is 9.44. The van der Waals surface area contributed by atoms with E-state index in [1.807, 2.05) is 6.26 Å². The van der Waals surface area contributed by atoms with Crippen molar-refractivity contribution in [3.05, 3.63) is 10.7 Å². The van der Waals surface area contributed by atoms with E-state index in [9.17, 15) is 5.11 Å². The van der Waals surface area contributed by atoms with E-state index >= 15 is 0 Å². The minimum absolute atomic E-state index is 0.162. The minimum atomic E-state index is -0.162. The van der Waals surface area contributed by atoms with Crippen LogP contribution in [0.1, 0.15) is 25.7 Å². The zero-order valence-electron chi connectivity index (χ0n) is 9.56. The van der Waals surface area contributed by atoms with Crippen LogP contribution in [-0.4, -0.2) is 33.1 Å². The van der Waals surface area contributed by atoms with Gasteiger partial charge in [0.05, 0.1) is 10.6 Å². The van der Waals surface area contributed by atoms with Crippen molar-refractivity contribution < 1.29 is 5.11 Å². The number of nitrogens with zero attached hydrogens (tertiary/aromatic N) is 3. The van der Waals surface area contributed by atoms with Gasteiger partial charge in [0.1, 0.15) is 0 Å². The molecule has 0 amide bonds. The Morgan fingerprint density at radius 1 is 1.47 bits per heavy atom. The van der Waals surface area contributed by atoms with Gasteiger partial charge in [-0.2, -0.15) is 0 Å². The molecule has 1 aromatic rings. The van der Waals surface area contributed by atoms with Crippen LogP contribution >= 0.6 is 27.7 Å². The molecule has 1 aliphatic rings. The van der Waals surface area contributed by atoms with Crippen LogP contribution in [0, 0.1) is 0 Å². The summed E-state index contributed by atoms with van der Waals surface area (Å²) in [5.41, 5.74) is 1.11. The highest BCUT2D eigenvalue weighted by Gasteiger charge is 2.15. The molecule has 4 nitrogen and oxygen atoms in total. The Balaban J connectivity index is 2.19. The normalized spacial score (nSPS) is 20.4. The van der Waals surface area contributed by atoms with Crippen LogP contribution in [0.25, 0.3) is 0 Å². The van der Waals surface area contributed by atoms with Gasteiger partial charge in [-0.25, -0.2) is 15.0 Å². The zero-order chi connectivity index (χ0) is 12.3. The monoisotopic (exact) mass is 315 g/mol. The predicted octanol–water partition coefficient (Wildman–Crippen LogP) is 2.97. The lowest BCUT2D eigenvalue weighted by atomic mass is 9.96. The summed E-state index contributed by atoms with van der Waals surface area (Å²) in [6.07, 6.45) is 6.82. The number of thioether (sulfide) groups is 1. The summed E-state index contributed by atoms with van der Waals surface area (Å²) in [4.78, 5) is 13.1. The van der Waals surface area contributed by atoms with Gasteiger partial charge in [0, 0.05) is 11.9 Å².